The molecule has 1 heterocycles. The number of rotatable bonds is 7. The summed E-state index contributed by atoms with van der Waals surface area (Å²) in [6, 6.07) is 0.296. The number of hydrogen-bond acceptors (Lipinski definition) is 4. The second kappa shape index (κ2) is 5.60. The van der Waals surface area contributed by atoms with E-state index < -0.39 is 10.0 Å². The molecule has 7 heteroatoms. The third-order valence-electron chi connectivity index (χ3n) is 3.24. The lowest BCUT2D eigenvalue weighted by atomic mass is 10.2. The fraction of sp³-hybridized carbons (Fsp3) is 0.750. The SMILES string of the molecule is Cc1[nH]nc(S(=O)(=O)NCC2CC2)c1CNC(C)C. The maximum atomic E-state index is 12.2. The van der Waals surface area contributed by atoms with Crippen LogP contribution in [-0.4, -0.2) is 31.2 Å². The standard InChI is InChI=1S/C12H22N4O2S/c1-8(2)13-7-11-9(3)15-16-12(11)19(17,18)14-6-10-4-5-10/h8,10,13-14H,4-7H2,1-3H3,(H,15,16). The molecule has 19 heavy (non-hydrogen) atoms. The van der Waals surface area contributed by atoms with Crippen LogP contribution in [-0.2, 0) is 16.6 Å². The van der Waals surface area contributed by atoms with E-state index in [1.54, 1.807) is 0 Å². The van der Waals surface area contributed by atoms with Crippen LogP contribution in [0.5, 0.6) is 0 Å². The summed E-state index contributed by atoms with van der Waals surface area (Å²) in [4.78, 5) is 0. The molecule has 0 amide bonds. The molecule has 1 fully saturated rings. The van der Waals surface area contributed by atoms with Gasteiger partial charge in [0.05, 0.1) is 0 Å². The summed E-state index contributed by atoms with van der Waals surface area (Å²) in [6.45, 7) is 6.90. The van der Waals surface area contributed by atoms with E-state index in [0.29, 0.717) is 25.0 Å². The molecular formula is C12H22N4O2S. The Morgan fingerprint density at radius 2 is 2.11 bits per heavy atom. The summed E-state index contributed by atoms with van der Waals surface area (Å²) in [5.74, 6) is 0.507. The average molecular weight is 286 g/mol. The lowest BCUT2D eigenvalue weighted by molar-refractivity contribution is 0.561. The zero-order chi connectivity index (χ0) is 14.0. The number of aromatic nitrogens is 2. The molecule has 2 rings (SSSR count). The molecule has 1 aliphatic rings. The first-order valence-electron chi connectivity index (χ1n) is 6.67. The van der Waals surface area contributed by atoms with E-state index in [4.69, 9.17) is 0 Å². The third-order valence-corrected chi connectivity index (χ3v) is 4.63. The lowest BCUT2D eigenvalue weighted by Gasteiger charge is -2.10. The molecule has 0 aromatic carbocycles. The normalized spacial score (nSPS) is 16.2. The minimum absolute atomic E-state index is 0.124. The Hall–Kier alpha value is -0.920. The van der Waals surface area contributed by atoms with E-state index in [9.17, 15) is 8.42 Å². The van der Waals surface area contributed by atoms with Crippen LogP contribution < -0.4 is 10.0 Å². The van der Waals surface area contributed by atoms with Crippen LogP contribution in [0.3, 0.4) is 0 Å². The molecule has 3 N–H and O–H groups in total. The summed E-state index contributed by atoms with van der Waals surface area (Å²) in [7, 11) is -3.51. The van der Waals surface area contributed by atoms with Gasteiger partial charge >= 0.3 is 0 Å². The number of nitrogens with one attached hydrogen (secondary N) is 3. The largest absolute Gasteiger partial charge is 0.310 e. The predicted octanol–water partition coefficient (Wildman–Crippen LogP) is 0.904. The minimum Gasteiger partial charge on any atom is -0.310 e. The Morgan fingerprint density at radius 3 is 2.68 bits per heavy atom. The van der Waals surface area contributed by atoms with Gasteiger partial charge in [0.25, 0.3) is 10.0 Å². The Kier molecular flexibility index (Phi) is 4.27. The number of H-pyrrole nitrogens is 1. The third kappa shape index (κ3) is 3.77. The van der Waals surface area contributed by atoms with E-state index >= 15 is 0 Å². The maximum absolute atomic E-state index is 12.2. The fourth-order valence-electron chi connectivity index (χ4n) is 1.78. The minimum atomic E-state index is -3.51. The Balaban J connectivity index is 2.13. The van der Waals surface area contributed by atoms with Crippen molar-refractivity contribution in [2.45, 2.75) is 51.2 Å². The van der Waals surface area contributed by atoms with Crippen molar-refractivity contribution in [3.63, 3.8) is 0 Å². The van der Waals surface area contributed by atoms with Crippen molar-refractivity contribution in [1.82, 2.24) is 20.2 Å². The number of sulfonamides is 1. The Morgan fingerprint density at radius 1 is 1.42 bits per heavy atom. The fourth-order valence-corrected chi connectivity index (χ4v) is 3.09. The first-order chi connectivity index (χ1) is 8.90. The number of aryl methyl sites for hydroxylation is 1. The number of nitrogens with zero attached hydrogens (tertiary/aromatic N) is 1. The lowest BCUT2D eigenvalue weighted by Crippen LogP contribution is -2.29. The van der Waals surface area contributed by atoms with Gasteiger partial charge in [0.2, 0.25) is 0 Å². The zero-order valence-corrected chi connectivity index (χ0v) is 12.5. The Labute approximate surface area is 114 Å². The molecular weight excluding hydrogens is 264 g/mol. The second-order valence-corrected chi connectivity index (χ2v) is 7.15. The zero-order valence-electron chi connectivity index (χ0n) is 11.7. The molecule has 1 saturated carbocycles. The van der Waals surface area contributed by atoms with Gasteiger partial charge in [-0.15, -0.1) is 0 Å². The van der Waals surface area contributed by atoms with E-state index in [0.717, 1.165) is 24.1 Å². The smallest absolute Gasteiger partial charge is 0.260 e. The van der Waals surface area contributed by atoms with Gasteiger partial charge in [0.1, 0.15) is 0 Å². The quantitative estimate of drug-likeness (QED) is 0.695. The maximum Gasteiger partial charge on any atom is 0.260 e. The van der Waals surface area contributed by atoms with Crippen LogP contribution in [0.25, 0.3) is 0 Å². The summed E-state index contributed by atoms with van der Waals surface area (Å²) < 4.78 is 27.1. The van der Waals surface area contributed by atoms with Crippen LogP contribution in [0.4, 0.5) is 0 Å². The summed E-state index contributed by atoms with van der Waals surface area (Å²) >= 11 is 0. The molecule has 1 aromatic heterocycles. The molecule has 6 nitrogen and oxygen atoms in total. The summed E-state index contributed by atoms with van der Waals surface area (Å²) in [6.07, 6.45) is 2.23. The van der Waals surface area contributed by atoms with Crippen LogP contribution in [0.15, 0.2) is 5.03 Å². The van der Waals surface area contributed by atoms with Gasteiger partial charge in [-0.1, -0.05) is 13.8 Å². The average Bonchev–Trinajstić information content (AvgIpc) is 3.07. The highest BCUT2D eigenvalue weighted by Gasteiger charge is 2.27. The molecule has 0 aliphatic heterocycles. The molecule has 0 spiro atoms. The summed E-state index contributed by atoms with van der Waals surface area (Å²) in [5, 5.41) is 10.1. The van der Waals surface area contributed by atoms with E-state index in [-0.39, 0.29) is 5.03 Å². The van der Waals surface area contributed by atoms with Crippen molar-refractivity contribution >= 4 is 10.0 Å². The van der Waals surface area contributed by atoms with Crippen molar-refractivity contribution in [3.8, 4) is 0 Å². The van der Waals surface area contributed by atoms with Gasteiger partial charge in [-0.05, 0) is 25.7 Å². The van der Waals surface area contributed by atoms with Gasteiger partial charge in [-0.2, -0.15) is 5.10 Å². The topological polar surface area (TPSA) is 86.9 Å². The summed E-state index contributed by atoms with van der Waals surface area (Å²) in [5.41, 5.74) is 1.51. The van der Waals surface area contributed by atoms with Crippen molar-refractivity contribution in [3.05, 3.63) is 11.3 Å². The first-order valence-corrected chi connectivity index (χ1v) is 8.15. The van der Waals surface area contributed by atoms with E-state index in [1.807, 2.05) is 20.8 Å². The number of hydrogen-bond donors (Lipinski definition) is 3. The van der Waals surface area contributed by atoms with Crippen molar-refractivity contribution < 1.29 is 8.42 Å². The molecule has 0 bridgehead atoms. The number of aromatic amines is 1. The van der Waals surface area contributed by atoms with E-state index in [2.05, 4.69) is 20.2 Å². The predicted molar refractivity (Wildman–Crippen MR) is 73.2 cm³/mol. The van der Waals surface area contributed by atoms with Gasteiger partial charge in [-0.3, -0.25) is 5.10 Å². The first kappa shape index (κ1) is 14.5. The second-order valence-electron chi connectivity index (χ2n) is 5.46. The highest BCUT2D eigenvalue weighted by Crippen LogP contribution is 2.28. The molecule has 0 radical (unpaired) electrons. The van der Waals surface area contributed by atoms with Gasteiger partial charge in [0.15, 0.2) is 5.03 Å². The van der Waals surface area contributed by atoms with Gasteiger partial charge < -0.3 is 5.32 Å². The van der Waals surface area contributed by atoms with E-state index in [1.165, 1.54) is 0 Å². The van der Waals surface area contributed by atoms with Crippen LogP contribution >= 0.6 is 0 Å². The monoisotopic (exact) mass is 286 g/mol. The molecule has 1 aromatic rings. The van der Waals surface area contributed by atoms with Gasteiger partial charge in [-0.25, -0.2) is 13.1 Å². The van der Waals surface area contributed by atoms with Crippen LogP contribution in [0.2, 0.25) is 0 Å². The molecule has 108 valence electrons. The Bertz CT molecular complexity index is 532. The highest BCUT2D eigenvalue weighted by molar-refractivity contribution is 7.89. The highest BCUT2D eigenvalue weighted by atomic mass is 32.2. The van der Waals surface area contributed by atoms with Crippen molar-refractivity contribution in [1.29, 1.82) is 0 Å². The molecule has 0 unspecified atom stereocenters. The van der Waals surface area contributed by atoms with Crippen LogP contribution in [0, 0.1) is 12.8 Å². The van der Waals surface area contributed by atoms with Crippen molar-refractivity contribution in [2.24, 2.45) is 5.92 Å². The van der Waals surface area contributed by atoms with Crippen LogP contribution in [0.1, 0.15) is 37.9 Å². The molecule has 0 saturated heterocycles. The van der Waals surface area contributed by atoms with Gasteiger partial charge in [0, 0.05) is 30.4 Å². The molecule has 0 atom stereocenters. The van der Waals surface area contributed by atoms with Crippen molar-refractivity contribution in [2.75, 3.05) is 6.54 Å². The molecule has 1 aliphatic carbocycles.